The van der Waals surface area contributed by atoms with Gasteiger partial charge in [-0.3, -0.25) is 19.8 Å². The van der Waals surface area contributed by atoms with Crippen molar-refractivity contribution in [3.8, 4) is 0 Å². The van der Waals surface area contributed by atoms with Gasteiger partial charge in [-0.1, -0.05) is 36.4 Å². The molecule has 2 atom stereocenters. The van der Waals surface area contributed by atoms with Gasteiger partial charge in [-0.05, 0) is 44.0 Å². The third-order valence-corrected chi connectivity index (χ3v) is 4.56. The van der Waals surface area contributed by atoms with E-state index < -0.39 is 6.04 Å². The standard InChI is InChI=1S/C20H23N3O2/c1-13-8-4-5-9-16(13)14(2)21-15(3)20(25)23-12-19(24)22-17-10-6-7-11-18(17)23/h4-11,14-15,21H,12H2,1-3H3,(H,22,24)/t14-,15+/m1/s1. The number of rotatable bonds is 4. The van der Waals surface area contributed by atoms with Gasteiger partial charge in [-0.25, -0.2) is 0 Å². The van der Waals surface area contributed by atoms with Crippen LogP contribution in [0.2, 0.25) is 0 Å². The Morgan fingerprint density at radius 3 is 2.56 bits per heavy atom. The maximum atomic E-state index is 12.9. The summed E-state index contributed by atoms with van der Waals surface area (Å²) in [7, 11) is 0. The van der Waals surface area contributed by atoms with E-state index in [1.807, 2.05) is 44.2 Å². The molecule has 130 valence electrons. The second-order valence-electron chi connectivity index (χ2n) is 6.46. The van der Waals surface area contributed by atoms with Crippen LogP contribution < -0.4 is 15.5 Å². The van der Waals surface area contributed by atoms with Crippen molar-refractivity contribution < 1.29 is 9.59 Å². The quantitative estimate of drug-likeness (QED) is 0.901. The minimum absolute atomic E-state index is 0.0361. The molecule has 2 aromatic rings. The Bertz CT molecular complexity index is 803. The second-order valence-corrected chi connectivity index (χ2v) is 6.46. The van der Waals surface area contributed by atoms with Gasteiger partial charge in [-0.2, -0.15) is 0 Å². The van der Waals surface area contributed by atoms with Crippen molar-refractivity contribution in [1.82, 2.24) is 5.32 Å². The Labute approximate surface area is 148 Å². The molecule has 2 aromatic carbocycles. The Balaban J connectivity index is 1.77. The molecule has 2 N–H and O–H groups in total. The SMILES string of the molecule is Cc1ccccc1[C@@H](C)N[C@@H](C)C(=O)N1CC(=O)Nc2ccccc21. The van der Waals surface area contributed by atoms with Crippen LogP contribution in [0.1, 0.15) is 31.0 Å². The lowest BCUT2D eigenvalue weighted by atomic mass is 10.0. The Hall–Kier alpha value is -2.66. The van der Waals surface area contributed by atoms with Gasteiger partial charge in [0, 0.05) is 6.04 Å². The highest BCUT2D eigenvalue weighted by Gasteiger charge is 2.30. The molecule has 5 heteroatoms. The first kappa shape index (κ1) is 17.2. The molecule has 0 unspecified atom stereocenters. The predicted octanol–water partition coefficient (Wildman–Crippen LogP) is 3.02. The van der Waals surface area contributed by atoms with E-state index in [0.29, 0.717) is 5.69 Å². The molecular weight excluding hydrogens is 314 g/mol. The van der Waals surface area contributed by atoms with E-state index in [0.717, 1.165) is 5.69 Å². The van der Waals surface area contributed by atoms with Crippen molar-refractivity contribution in [3.63, 3.8) is 0 Å². The molecular formula is C20H23N3O2. The average Bonchev–Trinajstić information content (AvgIpc) is 2.60. The summed E-state index contributed by atoms with van der Waals surface area (Å²) >= 11 is 0. The van der Waals surface area contributed by atoms with E-state index in [1.165, 1.54) is 11.1 Å². The molecule has 25 heavy (non-hydrogen) atoms. The number of fused-ring (bicyclic) bond motifs is 1. The van der Waals surface area contributed by atoms with E-state index >= 15 is 0 Å². The summed E-state index contributed by atoms with van der Waals surface area (Å²) in [5.41, 5.74) is 3.76. The highest BCUT2D eigenvalue weighted by Crippen LogP contribution is 2.29. The number of anilines is 2. The van der Waals surface area contributed by atoms with Crippen LogP contribution in [0, 0.1) is 6.92 Å². The van der Waals surface area contributed by atoms with Crippen molar-refractivity contribution in [2.45, 2.75) is 32.9 Å². The van der Waals surface area contributed by atoms with Gasteiger partial charge in [-0.15, -0.1) is 0 Å². The number of nitrogens with zero attached hydrogens (tertiary/aromatic N) is 1. The lowest BCUT2D eigenvalue weighted by Crippen LogP contribution is -2.50. The summed E-state index contributed by atoms with van der Waals surface area (Å²) in [6, 6.07) is 15.1. The number of hydrogen-bond acceptors (Lipinski definition) is 3. The summed E-state index contributed by atoms with van der Waals surface area (Å²) in [4.78, 5) is 26.4. The first-order valence-electron chi connectivity index (χ1n) is 8.49. The minimum Gasteiger partial charge on any atom is -0.323 e. The minimum atomic E-state index is -0.409. The van der Waals surface area contributed by atoms with Crippen molar-refractivity contribution in [2.24, 2.45) is 0 Å². The van der Waals surface area contributed by atoms with Gasteiger partial charge >= 0.3 is 0 Å². The van der Waals surface area contributed by atoms with Crippen molar-refractivity contribution in [1.29, 1.82) is 0 Å². The average molecular weight is 337 g/mol. The van der Waals surface area contributed by atoms with Gasteiger partial charge in [0.1, 0.15) is 6.54 Å². The van der Waals surface area contributed by atoms with Gasteiger partial charge < -0.3 is 5.32 Å². The molecule has 0 radical (unpaired) electrons. The molecule has 3 rings (SSSR count). The van der Waals surface area contributed by atoms with E-state index in [-0.39, 0.29) is 24.4 Å². The second kappa shape index (κ2) is 7.07. The fourth-order valence-corrected chi connectivity index (χ4v) is 3.27. The molecule has 0 spiro atoms. The Morgan fingerprint density at radius 2 is 1.80 bits per heavy atom. The molecule has 2 amide bonds. The largest absolute Gasteiger partial charge is 0.323 e. The molecule has 1 heterocycles. The van der Waals surface area contributed by atoms with Crippen LogP contribution in [-0.2, 0) is 9.59 Å². The number of aryl methyl sites for hydroxylation is 1. The number of amides is 2. The number of para-hydroxylation sites is 2. The van der Waals surface area contributed by atoms with Gasteiger partial charge in [0.05, 0.1) is 17.4 Å². The fourth-order valence-electron chi connectivity index (χ4n) is 3.27. The Kier molecular flexibility index (Phi) is 4.86. The molecule has 5 nitrogen and oxygen atoms in total. The summed E-state index contributed by atoms with van der Waals surface area (Å²) in [6.07, 6.45) is 0. The maximum Gasteiger partial charge on any atom is 0.244 e. The number of carbonyl (C=O) groups excluding carboxylic acids is 2. The highest BCUT2D eigenvalue weighted by molar-refractivity contribution is 6.11. The number of hydrogen-bond donors (Lipinski definition) is 2. The summed E-state index contributed by atoms with van der Waals surface area (Å²) in [6.45, 7) is 5.99. The summed E-state index contributed by atoms with van der Waals surface area (Å²) < 4.78 is 0. The van der Waals surface area contributed by atoms with Crippen LogP contribution in [-0.4, -0.2) is 24.4 Å². The third-order valence-electron chi connectivity index (χ3n) is 4.56. The van der Waals surface area contributed by atoms with E-state index in [2.05, 4.69) is 29.7 Å². The zero-order valence-corrected chi connectivity index (χ0v) is 14.7. The lowest BCUT2D eigenvalue weighted by molar-refractivity contribution is -0.123. The zero-order valence-electron chi connectivity index (χ0n) is 14.7. The monoisotopic (exact) mass is 337 g/mol. The third kappa shape index (κ3) is 3.56. The number of nitrogens with one attached hydrogen (secondary N) is 2. The van der Waals surface area contributed by atoms with Crippen LogP contribution in [0.4, 0.5) is 11.4 Å². The molecule has 1 aliphatic rings. The number of carbonyl (C=O) groups is 2. The van der Waals surface area contributed by atoms with Crippen LogP contribution >= 0.6 is 0 Å². The van der Waals surface area contributed by atoms with E-state index in [9.17, 15) is 9.59 Å². The molecule has 0 saturated heterocycles. The molecule has 0 bridgehead atoms. The smallest absolute Gasteiger partial charge is 0.244 e. The normalized spacial score (nSPS) is 16.0. The summed E-state index contributed by atoms with van der Waals surface area (Å²) in [5, 5.41) is 6.16. The predicted molar refractivity (Wildman–Crippen MR) is 99.6 cm³/mol. The van der Waals surface area contributed by atoms with Crippen molar-refractivity contribution in [3.05, 3.63) is 59.7 Å². The van der Waals surface area contributed by atoms with Gasteiger partial charge in [0.2, 0.25) is 11.8 Å². The maximum absolute atomic E-state index is 12.9. The van der Waals surface area contributed by atoms with Crippen molar-refractivity contribution >= 4 is 23.2 Å². The van der Waals surface area contributed by atoms with Crippen LogP contribution in [0.15, 0.2) is 48.5 Å². The summed E-state index contributed by atoms with van der Waals surface area (Å²) in [5.74, 6) is -0.283. The molecule has 0 aliphatic carbocycles. The van der Waals surface area contributed by atoms with E-state index in [1.54, 1.807) is 11.0 Å². The molecule has 1 aliphatic heterocycles. The highest BCUT2D eigenvalue weighted by atomic mass is 16.2. The number of benzene rings is 2. The van der Waals surface area contributed by atoms with Crippen LogP contribution in [0.3, 0.4) is 0 Å². The zero-order chi connectivity index (χ0) is 18.0. The van der Waals surface area contributed by atoms with Gasteiger partial charge in [0.15, 0.2) is 0 Å². The van der Waals surface area contributed by atoms with Gasteiger partial charge in [0.25, 0.3) is 0 Å². The van der Waals surface area contributed by atoms with Crippen LogP contribution in [0.5, 0.6) is 0 Å². The van der Waals surface area contributed by atoms with E-state index in [4.69, 9.17) is 0 Å². The van der Waals surface area contributed by atoms with Crippen LogP contribution in [0.25, 0.3) is 0 Å². The molecule has 0 saturated carbocycles. The molecule has 0 fully saturated rings. The first-order valence-corrected chi connectivity index (χ1v) is 8.49. The van der Waals surface area contributed by atoms with Crippen molar-refractivity contribution in [2.75, 3.05) is 16.8 Å². The lowest BCUT2D eigenvalue weighted by Gasteiger charge is -2.32. The first-order chi connectivity index (χ1) is 12.0. The topological polar surface area (TPSA) is 61.4 Å². The Morgan fingerprint density at radius 1 is 1.12 bits per heavy atom. The molecule has 0 aromatic heterocycles. The fraction of sp³-hybridized carbons (Fsp3) is 0.300.